The number of ether oxygens (including phenoxy) is 1. The molecule has 7 nitrogen and oxygen atoms in total. The fourth-order valence-corrected chi connectivity index (χ4v) is 3.64. The molecule has 2 saturated heterocycles. The summed E-state index contributed by atoms with van der Waals surface area (Å²) in [5, 5.41) is 6.74. The maximum absolute atomic E-state index is 12.4. The topological polar surface area (TPSA) is 69.2 Å². The van der Waals surface area contributed by atoms with Gasteiger partial charge < -0.3 is 20.3 Å². The van der Waals surface area contributed by atoms with Crippen molar-refractivity contribution >= 4 is 17.6 Å². The molecule has 3 rings (SSSR count). The van der Waals surface area contributed by atoms with E-state index in [-0.39, 0.29) is 11.9 Å². The Hall–Kier alpha value is -2.12. The number of anilines is 1. The first kappa shape index (κ1) is 20.6. The van der Waals surface area contributed by atoms with E-state index in [0.29, 0.717) is 13.0 Å². The molecule has 1 aromatic carbocycles. The van der Waals surface area contributed by atoms with Crippen LogP contribution in [0, 0.1) is 0 Å². The smallest absolute Gasteiger partial charge is 0.229 e. The number of nitrogens with one attached hydrogen (secondary N) is 2. The molecule has 1 aromatic rings. The number of guanidine groups is 1. The van der Waals surface area contributed by atoms with E-state index in [1.165, 1.54) is 0 Å². The molecule has 0 aromatic heterocycles. The standard InChI is InChI=1S/C21H33N5O2/c1-2-22-21(23-10-6-7-11-25-12-14-28-15-13-25)24-18-16-20(27)26(17-18)19-8-4-3-5-9-19/h3-5,8-9,18H,2,6-7,10-17H2,1H3,(H2,22,23,24). The highest BCUT2D eigenvalue weighted by molar-refractivity contribution is 5.97. The summed E-state index contributed by atoms with van der Waals surface area (Å²) in [5.41, 5.74) is 0.960. The molecule has 2 aliphatic rings. The van der Waals surface area contributed by atoms with Crippen LogP contribution in [0.4, 0.5) is 5.69 Å². The Labute approximate surface area is 168 Å². The molecule has 154 valence electrons. The van der Waals surface area contributed by atoms with Gasteiger partial charge in [-0.05, 0) is 38.4 Å². The maximum Gasteiger partial charge on any atom is 0.229 e. The van der Waals surface area contributed by atoms with Gasteiger partial charge in [-0.3, -0.25) is 14.7 Å². The Morgan fingerprint density at radius 1 is 1.21 bits per heavy atom. The van der Waals surface area contributed by atoms with E-state index in [0.717, 1.165) is 70.4 Å². The third-order valence-electron chi connectivity index (χ3n) is 5.13. The number of benzene rings is 1. The van der Waals surface area contributed by atoms with E-state index in [9.17, 15) is 4.79 Å². The molecule has 1 amide bonds. The molecule has 2 heterocycles. The van der Waals surface area contributed by atoms with Crippen LogP contribution >= 0.6 is 0 Å². The van der Waals surface area contributed by atoms with Crippen LogP contribution in [0.2, 0.25) is 0 Å². The van der Waals surface area contributed by atoms with Gasteiger partial charge in [0.1, 0.15) is 0 Å². The lowest BCUT2D eigenvalue weighted by Crippen LogP contribution is -2.44. The minimum Gasteiger partial charge on any atom is -0.379 e. The Morgan fingerprint density at radius 2 is 2.00 bits per heavy atom. The number of unbranched alkanes of at least 4 members (excludes halogenated alkanes) is 1. The van der Waals surface area contributed by atoms with Gasteiger partial charge in [0.05, 0.1) is 19.3 Å². The summed E-state index contributed by atoms with van der Waals surface area (Å²) < 4.78 is 5.38. The molecule has 7 heteroatoms. The molecule has 1 unspecified atom stereocenters. The van der Waals surface area contributed by atoms with Crippen molar-refractivity contribution < 1.29 is 9.53 Å². The number of para-hydroxylation sites is 1. The number of hydrogen-bond acceptors (Lipinski definition) is 4. The highest BCUT2D eigenvalue weighted by Gasteiger charge is 2.31. The van der Waals surface area contributed by atoms with Gasteiger partial charge in [0.2, 0.25) is 5.91 Å². The van der Waals surface area contributed by atoms with E-state index in [1.807, 2.05) is 35.2 Å². The summed E-state index contributed by atoms with van der Waals surface area (Å²) in [4.78, 5) is 21.4. The quantitative estimate of drug-likeness (QED) is 0.402. The van der Waals surface area contributed by atoms with Crippen LogP contribution in [-0.4, -0.2) is 75.3 Å². The Kier molecular flexibility index (Phi) is 8.11. The van der Waals surface area contributed by atoms with Gasteiger partial charge >= 0.3 is 0 Å². The first-order valence-corrected chi connectivity index (χ1v) is 10.5. The summed E-state index contributed by atoms with van der Waals surface area (Å²) in [7, 11) is 0. The van der Waals surface area contributed by atoms with Crippen LogP contribution in [0.1, 0.15) is 26.2 Å². The van der Waals surface area contributed by atoms with Crippen LogP contribution in [0.15, 0.2) is 35.3 Å². The summed E-state index contributed by atoms with van der Waals surface area (Å²) in [5.74, 6) is 0.964. The highest BCUT2D eigenvalue weighted by atomic mass is 16.5. The van der Waals surface area contributed by atoms with Gasteiger partial charge in [0, 0.05) is 44.8 Å². The van der Waals surface area contributed by atoms with E-state index in [2.05, 4.69) is 22.5 Å². The average molecular weight is 388 g/mol. The normalized spacial score (nSPS) is 21.2. The van der Waals surface area contributed by atoms with Crippen LogP contribution in [0.3, 0.4) is 0 Å². The van der Waals surface area contributed by atoms with Gasteiger partial charge in [-0.25, -0.2) is 0 Å². The second-order valence-electron chi connectivity index (χ2n) is 7.31. The molecular formula is C21H33N5O2. The van der Waals surface area contributed by atoms with Crippen LogP contribution < -0.4 is 15.5 Å². The number of carbonyl (C=O) groups excluding carboxylic acids is 1. The van der Waals surface area contributed by atoms with Crippen molar-refractivity contribution in [3.8, 4) is 0 Å². The third kappa shape index (κ3) is 6.21. The minimum absolute atomic E-state index is 0.0823. The van der Waals surface area contributed by atoms with Crippen molar-refractivity contribution in [3.63, 3.8) is 0 Å². The Morgan fingerprint density at radius 3 is 2.75 bits per heavy atom. The van der Waals surface area contributed by atoms with Crippen molar-refractivity contribution in [1.82, 2.24) is 15.5 Å². The molecule has 2 N–H and O–H groups in total. The van der Waals surface area contributed by atoms with Crippen LogP contribution in [0.5, 0.6) is 0 Å². The zero-order chi connectivity index (χ0) is 19.6. The van der Waals surface area contributed by atoms with Crippen molar-refractivity contribution in [3.05, 3.63) is 30.3 Å². The van der Waals surface area contributed by atoms with Gasteiger partial charge in [-0.1, -0.05) is 18.2 Å². The molecule has 28 heavy (non-hydrogen) atoms. The largest absolute Gasteiger partial charge is 0.379 e. The van der Waals surface area contributed by atoms with E-state index in [4.69, 9.17) is 9.73 Å². The number of amides is 1. The zero-order valence-corrected chi connectivity index (χ0v) is 16.9. The predicted octanol–water partition coefficient (Wildman–Crippen LogP) is 1.46. The van der Waals surface area contributed by atoms with Gasteiger partial charge in [-0.2, -0.15) is 0 Å². The molecule has 0 spiro atoms. The first-order valence-electron chi connectivity index (χ1n) is 10.5. The van der Waals surface area contributed by atoms with Gasteiger partial charge in [0.15, 0.2) is 5.96 Å². The fourth-order valence-electron chi connectivity index (χ4n) is 3.64. The van der Waals surface area contributed by atoms with Gasteiger partial charge in [-0.15, -0.1) is 0 Å². The van der Waals surface area contributed by atoms with Crippen molar-refractivity contribution in [2.45, 2.75) is 32.2 Å². The number of rotatable bonds is 8. The molecule has 2 aliphatic heterocycles. The number of aliphatic imine (C=N–C) groups is 1. The lowest BCUT2D eigenvalue weighted by atomic mass is 10.2. The first-order chi connectivity index (χ1) is 13.8. The SMILES string of the molecule is CCNC(=NCCCCN1CCOCC1)NC1CC(=O)N(c2ccccc2)C1. The molecule has 1 atom stereocenters. The van der Waals surface area contributed by atoms with Crippen molar-refractivity contribution in [2.24, 2.45) is 4.99 Å². The molecule has 0 saturated carbocycles. The average Bonchev–Trinajstić information content (AvgIpc) is 3.09. The number of hydrogen-bond donors (Lipinski definition) is 2. The highest BCUT2D eigenvalue weighted by Crippen LogP contribution is 2.20. The molecule has 0 aliphatic carbocycles. The van der Waals surface area contributed by atoms with E-state index >= 15 is 0 Å². The molecule has 2 fully saturated rings. The number of carbonyl (C=O) groups is 1. The Balaban J connectivity index is 1.43. The summed E-state index contributed by atoms with van der Waals surface area (Å²) in [6.45, 7) is 9.25. The van der Waals surface area contributed by atoms with Crippen LogP contribution in [-0.2, 0) is 9.53 Å². The maximum atomic E-state index is 12.4. The lowest BCUT2D eigenvalue weighted by Gasteiger charge is -2.26. The third-order valence-corrected chi connectivity index (χ3v) is 5.13. The molecular weight excluding hydrogens is 354 g/mol. The van der Waals surface area contributed by atoms with E-state index in [1.54, 1.807) is 0 Å². The zero-order valence-electron chi connectivity index (χ0n) is 16.9. The number of nitrogens with zero attached hydrogens (tertiary/aromatic N) is 3. The second kappa shape index (κ2) is 11.0. The van der Waals surface area contributed by atoms with Crippen molar-refractivity contribution in [1.29, 1.82) is 0 Å². The minimum atomic E-state index is 0.0823. The van der Waals surface area contributed by atoms with Gasteiger partial charge in [0.25, 0.3) is 0 Å². The Bertz CT molecular complexity index is 631. The predicted molar refractivity (Wildman–Crippen MR) is 113 cm³/mol. The summed E-state index contributed by atoms with van der Waals surface area (Å²) in [6.07, 6.45) is 2.70. The molecule has 0 radical (unpaired) electrons. The second-order valence-corrected chi connectivity index (χ2v) is 7.31. The monoisotopic (exact) mass is 387 g/mol. The van der Waals surface area contributed by atoms with E-state index < -0.39 is 0 Å². The lowest BCUT2D eigenvalue weighted by molar-refractivity contribution is -0.117. The van der Waals surface area contributed by atoms with Crippen LogP contribution in [0.25, 0.3) is 0 Å². The summed E-state index contributed by atoms with van der Waals surface area (Å²) in [6, 6.07) is 9.94. The fraction of sp³-hybridized carbons (Fsp3) is 0.619. The molecule has 0 bridgehead atoms. The van der Waals surface area contributed by atoms with Crippen molar-refractivity contribution in [2.75, 3.05) is 57.4 Å². The summed E-state index contributed by atoms with van der Waals surface area (Å²) >= 11 is 0. The number of morpholine rings is 1.